The summed E-state index contributed by atoms with van der Waals surface area (Å²) < 4.78 is 0. The maximum atomic E-state index is 12.0. The third-order valence-corrected chi connectivity index (χ3v) is 3.26. The van der Waals surface area contributed by atoms with Gasteiger partial charge in [0, 0.05) is 17.3 Å². The van der Waals surface area contributed by atoms with Crippen LogP contribution in [0.25, 0.3) is 0 Å². The molecule has 4 heteroatoms. The molecule has 0 aromatic heterocycles. The van der Waals surface area contributed by atoms with E-state index in [1.807, 2.05) is 19.1 Å². The van der Waals surface area contributed by atoms with Crippen LogP contribution in [-0.4, -0.2) is 12.5 Å². The van der Waals surface area contributed by atoms with Crippen LogP contribution in [-0.2, 0) is 4.79 Å². The van der Waals surface area contributed by atoms with Gasteiger partial charge in [0.2, 0.25) is 5.91 Å². The Kier molecular flexibility index (Phi) is 5.63. The molecule has 1 atom stereocenters. The zero-order chi connectivity index (χ0) is 13.7. The lowest BCUT2D eigenvalue weighted by atomic mass is 9.96. The number of hydrogen-bond acceptors (Lipinski definition) is 2. The van der Waals surface area contributed by atoms with Crippen LogP contribution < -0.4 is 11.1 Å². The van der Waals surface area contributed by atoms with E-state index in [9.17, 15) is 4.79 Å². The van der Waals surface area contributed by atoms with Crippen molar-refractivity contribution in [2.75, 3.05) is 11.9 Å². The van der Waals surface area contributed by atoms with Crippen molar-refractivity contribution in [3.05, 3.63) is 28.8 Å². The first-order valence-electron chi connectivity index (χ1n) is 6.21. The molecule has 100 valence electrons. The molecule has 0 spiro atoms. The van der Waals surface area contributed by atoms with Crippen LogP contribution in [0.15, 0.2) is 18.2 Å². The summed E-state index contributed by atoms with van der Waals surface area (Å²) in [6, 6.07) is 5.50. The Bertz CT molecular complexity index is 418. The van der Waals surface area contributed by atoms with Crippen LogP contribution in [0.5, 0.6) is 0 Å². The zero-order valence-corrected chi connectivity index (χ0v) is 11.9. The van der Waals surface area contributed by atoms with E-state index in [0.29, 0.717) is 17.5 Å². The maximum absolute atomic E-state index is 12.0. The minimum atomic E-state index is -0.148. The van der Waals surface area contributed by atoms with Crippen molar-refractivity contribution in [2.45, 2.75) is 27.2 Å². The van der Waals surface area contributed by atoms with Crippen molar-refractivity contribution < 1.29 is 4.79 Å². The first kappa shape index (κ1) is 15.0. The number of halogens is 1. The van der Waals surface area contributed by atoms with E-state index in [1.54, 1.807) is 6.07 Å². The molecule has 0 heterocycles. The minimum Gasteiger partial charge on any atom is -0.330 e. The lowest BCUT2D eigenvalue weighted by molar-refractivity contribution is -0.120. The Morgan fingerprint density at radius 3 is 2.61 bits per heavy atom. The SMILES string of the molecule is Cc1ccc(NC(=O)C(CN)CC(C)C)cc1Cl. The van der Waals surface area contributed by atoms with Crippen molar-refractivity contribution in [2.24, 2.45) is 17.6 Å². The molecule has 3 nitrogen and oxygen atoms in total. The number of benzene rings is 1. The molecule has 0 radical (unpaired) electrons. The zero-order valence-electron chi connectivity index (χ0n) is 11.2. The van der Waals surface area contributed by atoms with Crippen LogP contribution in [0.1, 0.15) is 25.8 Å². The van der Waals surface area contributed by atoms with Gasteiger partial charge >= 0.3 is 0 Å². The van der Waals surface area contributed by atoms with Gasteiger partial charge in [-0.2, -0.15) is 0 Å². The van der Waals surface area contributed by atoms with Gasteiger partial charge in [0.1, 0.15) is 0 Å². The number of carbonyl (C=O) groups excluding carboxylic acids is 1. The molecular weight excluding hydrogens is 248 g/mol. The molecule has 3 N–H and O–H groups in total. The van der Waals surface area contributed by atoms with Crippen LogP contribution in [0.2, 0.25) is 5.02 Å². The van der Waals surface area contributed by atoms with Gasteiger partial charge in [-0.25, -0.2) is 0 Å². The molecule has 1 amide bonds. The van der Waals surface area contributed by atoms with Crippen molar-refractivity contribution in [3.63, 3.8) is 0 Å². The van der Waals surface area contributed by atoms with Gasteiger partial charge in [0.15, 0.2) is 0 Å². The van der Waals surface area contributed by atoms with Gasteiger partial charge in [-0.05, 0) is 37.0 Å². The van der Waals surface area contributed by atoms with Gasteiger partial charge in [0.25, 0.3) is 0 Å². The largest absolute Gasteiger partial charge is 0.330 e. The average Bonchev–Trinajstić information content (AvgIpc) is 2.30. The maximum Gasteiger partial charge on any atom is 0.228 e. The van der Waals surface area contributed by atoms with Crippen LogP contribution in [0.3, 0.4) is 0 Å². The monoisotopic (exact) mass is 268 g/mol. The van der Waals surface area contributed by atoms with E-state index < -0.39 is 0 Å². The lowest BCUT2D eigenvalue weighted by Gasteiger charge is -2.17. The molecule has 0 fully saturated rings. The number of amides is 1. The quantitative estimate of drug-likeness (QED) is 0.862. The van der Waals surface area contributed by atoms with Gasteiger partial charge in [0.05, 0.1) is 5.92 Å². The highest BCUT2D eigenvalue weighted by atomic mass is 35.5. The van der Waals surface area contributed by atoms with Crippen molar-refractivity contribution in [1.29, 1.82) is 0 Å². The van der Waals surface area contributed by atoms with E-state index in [1.165, 1.54) is 0 Å². The predicted molar refractivity (Wildman–Crippen MR) is 76.8 cm³/mol. The second kappa shape index (κ2) is 6.76. The van der Waals surface area contributed by atoms with Gasteiger partial charge in [-0.3, -0.25) is 4.79 Å². The fourth-order valence-electron chi connectivity index (χ4n) is 1.79. The molecule has 1 aromatic carbocycles. The van der Waals surface area contributed by atoms with Gasteiger partial charge < -0.3 is 11.1 Å². The standard InChI is InChI=1S/C14H21ClN2O/c1-9(2)6-11(8-16)14(18)17-12-5-4-10(3)13(15)7-12/h4-5,7,9,11H,6,8,16H2,1-3H3,(H,17,18). The number of nitrogens with one attached hydrogen (secondary N) is 1. The molecule has 0 saturated heterocycles. The second-order valence-corrected chi connectivity index (χ2v) is 5.42. The van der Waals surface area contributed by atoms with Crippen molar-refractivity contribution >= 4 is 23.2 Å². The summed E-state index contributed by atoms with van der Waals surface area (Å²) in [4.78, 5) is 12.0. The summed E-state index contributed by atoms with van der Waals surface area (Å²) >= 11 is 6.02. The summed E-state index contributed by atoms with van der Waals surface area (Å²) in [5, 5.41) is 3.52. The highest BCUT2D eigenvalue weighted by molar-refractivity contribution is 6.31. The van der Waals surface area contributed by atoms with Crippen LogP contribution in [0.4, 0.5) is 5.69 Å². The number of hydrogen-bond donors (Lipinski definition) is 2. The minimum absolute atomic E-state index is 0.0360. The van der Waals surface area contributed by atoms with Crippen molar-refractivity contribution in [3.8, 4) is 0 Å². The van der Waals surface area contributed by atoms with E-state index >= 15 is 0 Å². The molecule has 0 aliphatic heterocycles. The van der Waals surface area contributed by atoms with E-state index in [4.69, 9.17) is 17.3 Å². The van der Waals surface area contributed by atoms with E-state index in [2.05, 4.69) is 19.2 Å². The number of anilines is 1. The van der Waals surface area contributed by atoms with E-state index in [-0.39, 0.29) is 11.8 Å². The van der Waals surface area contributed by atoms with E-state index in [0.717, 1.165) is 17.7 Å². The normalized spacial score (nSPS) is 12.6. The fraction of sp³-hybridized carbons (Fsp3) is 0.500. The lowest BCUT2D eigenvalue weighted by Crippen LogP contribution is -2.30. The summed E-state index contributed by atoms with van der Waals surface area (Å²) in [6.07, 6.45) is 0.794. The predicted octanol–water partition coefficient (Wildman–Crippen LogP) is 3.21. The van der Waals surface area contributed by atoms with Crippen LogP contribution in [0, 0.1) is 18.8 Å². The van der Waals surface area contributed by atoms with Crippen molar-refractivity contribution in [1.82, 2.24) is 0 Å². The molecule has 0 bridgehead atoms. The summed E-state index contributed by atoms with van der Waals surface area (Å²) in [6.45, 7) is 6.45. The molecular formula is C14H21ClN2O. The summed E-state index contributed by atoms with van der Waals surface area (Å²) in [7, 11) is 0. The summed E-state index contributed by atoms with van der Waals surface area (Å²) in [5.74, 6) is 0.266. The van der Waals surface area contributed by atoms with Gasteiger partial charge in [-0.15, -0.1) is 0 Å². The average molecular weight is 269 g/mol. The highest BCUT2D eigenvalue weighted by Gasteiger charge is 2.18. The third-order valence-electron chi connectivity index (χ3n) is 2.85. The number of aryl methyl sites for hydroxylation is 1. The highest BCUT2D eigenvalue weighted by Crippen LogP contribution is 2.21. The van der Waals surface area contributed by atoms with Crippen LogP contribution >= 0.6 is 11.6 Å². The Balaban J connectivity index is 2.70. The molecule has 1 rings (SSSR count). The molecule has 0 aliphatic rings. The Morgan fingerprint density at radius 1 is 1.44 bits per heavy atom. The first-order chi connectivity index (χ1) is 8.43. The number of carbonyl (C=O) groups is 1. The number of rotatable bonds is 5. The third kappa shape index (κ3) is 4.31. The molecule has 0 saturated carbocycles. The summed E-state index contributed by atoms with van der Waals surface area (Å²) in [5.41, 5.74) is 7.36. The Morgan fingerprint density at radius 2 is 2.11 bits per heavy atom. The topological polar surface area (TPSA) is 55.1 Å². The molecule has 18 heavy (non-hydrogen) atoms. The number of nitrogens with two attached hydrogens (primary N) is 1. The molecule has 1 unspecified atom stereocenters. The molecule has 1 aromatic rings. The molecule has 0 aliphatic carbocycles. The first-order valence-corrected chi connectivity index (χ1v) is 6.59. The second-order valence-electron chi connectivity index (χ2n) is 5.02. The Labute approximate surface area is 114 Å². The fourth-order valence-corrected chi connectivity index (χ4v) is 1.97. The Hall–Kier alpha value is -1.06. The van der Waals surface area contributed by atoms with Gasteiger partial charge in [-0.1, -0.05) is 31.5 Å². The smallest absolute Gasteiger partial charge is 0.228 e.